The molecule has 0 bridgehead atoms. The van der Waals surface area contributed by atoms with E-state index < -0.39 is 24.3 Å². The minimum absolute atomic E-state index is 0.00924. The molecule has 0 radical (unpaired) electrons. The third-order valence-electron chi connectivity index (χ3n) is 2.61. The number of amides is 1. The molecule has 1 amide bonds. The Morgan fingerprint density at radius 3 is 2.73 bits per heavy atom. The maximum absolute atomic E-state index is 13.5. The molecular weight excluding hydrogens is 295 g/mol. The molecule has 8 heteroatoms. The summed E-state index contributed by atoms with van der Waals surface area (Å²) in [5, 5.41) is 5.95. The summed E-state index contributed by atoms with van der Waals surface area (Å²) < 4.78 is 27.8. The zero-order valence-electron chi connectivity index (χ0n) is 11.9. The first-order chi connectivity index (χ1) is 10.5. The summed E-state index contributed by atoms with van der Waals surface area (Å²) in [7, 11) is 1.31. The van der Waals surface area contributed by atoms with Crippen molar-refractivity contribution in [1.29, 1.82) is 0 Å². The number of nitrogens with zero attached hydrogens (tertiary/aromatic N) is 1. The van der Waals surface area contributed by atoms with E-state index in [0.29, 0.717) is 5.69 Å². The van der Waals surface area contributed by atoms with Gasteiger partial charge in [0.2, 0.25) is 5.88 Å². The van der Waals surface area contributed by atoms with Gasteiger partial charge in [0.05, 0.1) is 18.4 Å². The highest BCUT2D eigenvalue weighted by atomic mass is 19.1. The van der Waals surface area contributed by atoms with Gasteiger partial charge in [0.25, 0.3) is 5.91 Å². The van der Waals surface area contributed by atoms with Crippen molar-refractivity contribution in [2.24, 2.45) is 0 Å². The van der Waals surface area contributed by atoms with E-state index in [1.54, 1.807) is 6.92 Å². The second-order valence-corrected chi connectivity index (χ2v) is 4.31. The van der Waals surface area contributed by atoms with Gasteiger partial charge in [0.15, 0.2) is 18.2 Å². The van der Waals surface area contributed by atoms with Crippen LogP contribution >= 0.6 is 0 Å². The molecule has 0 fully saturated rings. The fraction of sp³-hybridized carbons (Fsp3) is 0.214. The third-order valence-corrected chi connectivity index (χ3v) is 2.61. The molecule has 0 atom stereocenters. The summed E-state index contributed by atoms with van der Waals surface area (Å²) in [5.41, 5.74) is 0.572. The van der Waals surface area contributed by atoms with E-state index >= 15 is 0 Å². The molecule has 0 aliphatic rings. The van der Waals surface area contributed by atoms with E-state index in [-0.39, 0.29) is 17.2 Å². The fourth-order valence-electron chi connectivity index (χ4n) is 1.60. The van der Waals surface area contributed by atoms with Crippen LogP contribution in [0.2, 0.25) is 0 Å². The molecule has 1 aromatic carbocycles. The first-order valence-corrected chi connectivity index (χ1v) is 6.23. The number of carbonyl (C=O) groups is 2. The van der Waals surface area contributed by atoms with Crippen molar-refractivity contribution < 1.29 is 28.0 Å². The van der Waals surface area contributed by atoms with Crippen molar-refractivity contribution in [3.8, 4) is 5.75 Å². The smallest absolute Gasteiger partial charge is 0.338 e. The zero-order valence-corrected chi connectivity index (χ0v) is 11.9. The van der Waals surface area contributed by atoms with Crippen LogP contribution in [0.3, 0.4) is 0 Å². The maximum Gasteiger partial charge on any atom is 0.338 e. The van der Waals surface area contributed by atoms with Crippen LogP contribution in [0.5, 0.6) is 5.75 Å². The van der Waals surface area contributed by atoms with E-state index in [9.17, 15) is 14.0 Å². The number of methoxy groups -OCH3 is 1. The molecule has 7 nitrogen and oxygen atoms in total. The van der Waals surface area contributed by atoms with Crippen LogP contribution in [0.25, 0.3) is 0 Å². The van der Waals surface area contributed by atoms with Gasteiger partial charge >= 0.3 is 5.97 Å². The Balaban J connectivity index is 1.89. The van der Waals surface area contributed by atoms with Gasteiger partial charge in [-0.05, 0) is 25.1 Å². The summed E-state index contributed by atoms with van der Waals surface area (Å²) in [6, 6.07) is 5.11. The first kappa shape index (κ1) is 15.5. The number of rotatable bonds is 5. The van der Waals surface area contributed by atoms with Gasteiger partial charge in [-0.1, -0.05) is 5.16 Å². The van der Waals surface area contributed by atoms with E-state index in [2.05, 4.69) is 10.5 Å². The third kappa shape index (κ3) is 3.81. The quantitative estimate of drug-likeness (QED) is 0.849. The Morgan fingerprint density at radius 2 is 2.14 bits per heavy atom. The van der Waals surface area contributed by atoms with Crippen LogP contribution in [0.15, 0.2) is 28.8 Å². The first-order valence-electron chi connectivity index (χ1n) is 6.23. The van der Waals surface area contributed by atoms with Crippen molar-refractivity contribution in [1.82, 2.24) is 5.16 Å². The van der Waals surface area contributed by atoms with Crippen molar-refractivity contribution in [3.05, 3.63) is 41.3 Å². The summed E-state index contributed by atoms with van der Waals surface area (Å²) in [5.74, 6) is -1.97. The highest BCUT2D eigenvalue weighted by molar-refractivity contribution is 5.94. The SMILES string of the molecule is COc1ccc(C(=O)OCC(=O)Nc2cc(C)no2)cc1F. The lowest BCUT2D eigenvalue weighted by Gasteiger charge is -2.06. The van der Waals surface area contributed by atoms with Crippen LogP contribution in [0.1, 0.15) is 16.1 Å². The largest absolute Gasteiger partial charge is 0.494 e. The highest BCUT2D eigenvalue weighted by Gasteiger charge is 2.14. The molecule has 2 rings (SSSR count). The number of hydrogen-bond donors (Lipinski definition) is 1. The molecule has 0 saturated carbocycles. The van der Waals surface area contributed by atoms with Gasteiger partial charge in [-0.2, -0.15) is 0 Å². The molecule has 1 N–H and O–H groups in total. The Labute approximate surface area is 125 Å². The van der Waals surface area contributed by atoms with E-state index in [0.717, 1.165) is 6.07 Å². The molecule has 0 spiro atoms. The second-order valence-electron chi connectivity index (χ2n) is 4.31. The molecular formula is C14H13FN2O5. The molecule has 2 aromatic rings. The van der Waals surface area contributed by atoms with Crippen molar-refractivity contribution in [2.75, 3.05) is 19.0 Å². The predicted molar refractivity (Wildman–Crippen MR) is 73.1 cm³/mol. The summed E-state index contributed by atoms with van der Waals surface area (Å²) >= 11 is 0. The zero-order chi connectivity index (χ0) is 16.1. The number of esters is 1. The number of aryl methyl sites for hydroxylation is 1. The number of carbonyl (C=O) groups excluding carboxylic acids is 2. The Hall–Kier alpha value is -2.90. The van der Waals surface area contributed by atoms with Gasteiger partial charge in [0.1, 0.15) is 0 Å². The predicted octanol–water partition coefficient (Wildman–Crippen LogP) is 1.93. The average Bonchev–Trinajstić information content (AvgIpc) is 2.89. The molecule has 1 aromatic heterocycles. The van der Waals surface area contributed by atoms with E-state index in [1.807, 2.05) is 0 Å². The van der Waals surface area contributed by atoms with Crippen LogP contribution < -0.4 is 10.1 Å². The Kier molecular flexibility index (Phi) is 4.72. The minimum atomic E-state index is -0.828. The van der Waals surface area contributed by atoms with Crippen molar-refractivity contribution in [2.45, 2.75) is 6.92 Å². The number of ether oxygens (including phenoxy) is 2. The molecule has 116 valence electrons. The minimum Gasteiger partial charge on any atom is -0.494 e. The van der Waals surface area contributed by atoms with Gasteiger partial charge in [-0.15, -0.1) is 0 Å². The summed E-state index contributed by atoms with van der Waals surface area (Å²) in [6.07, 6.45) is 0. The topological polar surface area (TPSA) is 90.7 Å². The summed E-state index contributed by atoms with van der Waals surface area (Å²) in [4.78, 5) is 23.3. The molecule has 0 aliphatic heterocycles. The number of benzene rings is 1. The van der Waals surface area contributed by atoms with Crippen LogP contribution in [-0.2, 0) is 9.53 Å². The standard InChI is InChI=1S/C14H13FN2O5/c1-8-5-13(22-17-8)16-12(18)7-21-14(19)9-3-4-11(20-2)10(15)6-9/h3-6H,7H2,1-2H3,(H,16,18). The van der Waals surface area contributed by atoms with Crippen LogP contribution in [0, 0.1) is 12.7 Å². The average molecular weight is 308 g/mol. The second kappa shape index (κ2) is 6.70. The van der Waals surface area contributed by atoms with E-state index in [1.165, 1.54) is 25.3 Å². The van der Waals surface area contributed by atoms with Crippen molar-refractivity contribution in [3.63, 3.8) is 0 Å². The number of nitrogens with one attached hydrogen (secondary N) is 1. The normalized spacial score (nSPS) is 10.1. The number of hydrogen-bond acceptors (Lipinski definition) is 6. The molecule has 0 saturated heterocycles. The van der Waals surface area contributed by atoms with Crippen LogP contribution in [0.4, 0.5) is 10.3 Å². The van der Waals surface area contributed by atoms with Gasteiger partial charge in [0, 0.05) is 6.07 Å². The Morgan fingerprint density at radius 1 is 1.36 bits per heavy atom. The van der Waals surface area contributed by atoms with Crippen molar-refractivity contribution >= 4 is 17.8 Å². The van der Waals surface area contributed by atoms with Gasteiger partial charge in [-0.25, -0.2) is 9.18 Å². The maximum atomic E-state index is 13.5. The number of aromatic nitrogens is 1. The van der Waals surface area contributed by atoms with Crippen LogP contribution in [-0.4, -0.2) is 30.7 Å². The lowest BCUT2D eigenvalue weighted by molar-refractivity contribution is -0.119. The van der Waals surface area contributed by atoms with E-state index in [4.69, 9.17) is 14.0 Å². The fourth-order valence-corrected chi connectivity index (χ4v) is 1.60. The highest BCUT2D eigenvalue weighted by Crippen LogP contribution is 2.18. The number of anilines is 1. The monoisotopic (exact) mass is 308 g/mol. The lowest BCUT2D eigenvalue weighted by Crippen LogP contribution is -2.20. The van der Waals surface area contributed by atoms with Gasteiger partial charge in [-0.3, -0.25) is 10.1 Å². The van der Waals surface area contributed by atoms with Gasteiger partial charge < -0.3 is 14.0 Å². The summed E-state index contributed by atoms with van der Waals surface area (Å²) in [6.45, 7) is 1.16. The molecule has 1 heterocycles. The molecule has 0 aliphatic carbocycles. The Bertz CT molecular complexity index is 698. The molecule has 22 heavy (non-hydrogen) atoms. The number of halogens is 1. The molecule has 0 unspecified atom stereocenters. The lowest BCUT2D eigenvalue weighted by atomic mass is 10.2.